The van der Waals surface area contributed by atoms with E-state index in [9.17, 15) is 19.3 Å². The van der Waals surface area contributed by atoms with Gasteiger partial charge in [-0.05, 0) is 43.2 Å². The fourth-order valence-corrected chi connectivity index (χ4v) is 3.74. The number of unbranched alkanes of at least 4 members (excludes halogenated alkanes) is 2. The predicted octanol–water partition coefficient (Wildman–Crippen LogP) is 4.84. The Labute approximate surface area is 211 Å². The second kappa shape index (κ2) is 12.7. The number of hydrogen-bond donors (Lipinski definition) is 2. The molecule has 1 aliphatic heterocycles. The molecule has 2 N–H and O–H groups in total. The summed E-state index contributed by atoms with van der Waals surface area (Å²) in [4.78, 5) is 50.9. The minimum atomic E-state index is -0.919. The fourth-order valence-electron chi connectivity index (χ4n) is 3.74. The number of carbonyl (C=O) groups excluding carboxylic acids is 3. The van der Waals surface area contributed by atoms with Crippen molar-refractivity contribution >= 4 is 23.7 Å². The van der Waals surface area contributed by atoms with E-state index in [0.717, 1.165) is 41.0 Å². The van der Waals surface area contributed by atoms with Gasteiger partial charge in [0.25, 0.3) is 5.91 Å². The summed E-state index contributed by atoms with van der Waals surface area (Å²) in [5, 5.41) is 8.38. The molecule has 5 amide bonds. The minimum Gasteiger partial charge on any atom is -0.494 e. The Morgan fingerprint density at radius 1 is 1.11 bits per heavy atom. The second-order valence-corrected chi connectivity index (χ2v) is 8.91. The number of ether oxygens (including phenoxy) is 1. The first kappa shape index (κ1) is 26.7. The largest absolute Gasteiger partial charge is 0.494 e. The van der Waals surface area contributed by atoms with Crippen LogP contribution in [0.5, 0.6) is 5.75 Å². The Kier molecular flexibility index (Phi) is 9.38. The van der Waals surface area contributed by atoms with Crippen LogP contribution in [0.25, 0.3) is 0 Å². The Morgan fingerprint density at radius 3 is 2.44 bits per heavy atom. The topological polar surface area (TPSA) is 120 Å². The molecule has 2 aromatic carbocycles. The van der Waals surface area contributed by atoms with E-state index in [0.29, 0.717) is 12.3 Å². The molecule has 10 heteroatoms. The van der Waals surface area contributed by atoms with Crippen LogP contribution in [0.4, 0.5) is 15.3 Å². The van der Waals surface area contributed by atoms with Crippen LogP contribution < -0.4 is 15.4 Å². The molecule has 0 bridgehead atoms. The van der Waals surface area contributed by atoms with Crippen LogP contribution in [0, 0.1) is 17.7 Å². The summed E-state index contributed by atoms with van der Waals surface area (Å²) >= 11 is 0. The van der Waals surface area contributed by atoms with E-state index >= 15 is 0 Å². The van der Waals surface area contributed by atoms with Gasteiger partial charge in [-0.25, -0.2) is 14.5 Å². The summed E-state index contributed by atoms with van der Waals surface area (Å²) in [6, 6.07) is 13.8. The predicted molar refractivity (Wildman–Crippen MR) is 136 cm³/mol. The summed E-state index contributed by atoms with van der Waals surface area (Å²) in [6.45, 7) is 6.16. The number of rotatable bonds is 12. The number of aryl methyl sites for hydroxylation is 1. The molecule has 1 heterocycles. The van der Waals surface area contributed by atoms with Gasteiger partial charge in [0.05, 0.1) is 19.1 Å². The van der Waals surface area contributed by atoms with Gasteiger partial charge in [-0.15, -0.1) is 4.91 Å². The lowest BCUT2D eigenvalue weighted by atomic mass is 10.1. The first-order chi connectivity index (χ1) is 17.3. The van der Waals surface area contributed by atoms with E-state index in [1.807, 2.05) is 55.5 Å². The van der Waals surface area contributed by atoms with Crippen molar-refractivity contribution in [3.8, 4) is 5.75 Å². The molecule has 1 aliphatic rings. The van der Waals surface area contributed by atoms with Gasteiger partial charge in [0.2, 0.25) is 0 Å². The molecule has 0 aromatic heterocycles. The smallest absolute Gasteiger partial charge is 0.331 e. The van der Waals surface area contributed by atoms with E-state index in [1.165, 1.54) is 11.8 Å². The molecule has 0 spiro atoms. The average molecular weight is 496 g/mol. The highest BCUT2D eigenvalue weighted by Gasteiger charge is 2.39. The summed E-state index contributed by atoms with van der Waals surface area (Å²) in [5.41, 5.74) is 2.63. The lowest BCUT2D eigenvalue weighted by Gasteiger charge is -2.41. The van der Waals surface area contributed by atoms with E-state index in [1.54, 1.807) is 0 Å². The summed E-state index contributed by atoms with van der Waals surface area (Å²) in [5.74, 6) is -1.09. The van der Waals surface area contributed by atoms with Gasteiger partial charge < -0.3 is 10.1 Å². The number of anilines is 1. The Balaban J connectivity index is 1.76. The lowest BCUT2D eigenvalue weighted by molar-refractivity contribution is -0.121. The fraction of sp³-hybridized carbons (Fsp3) is 0.423. The Bertz CT molecular complexity index is 1060. The van der Waals surface area contributed by atoms with Crippen molar-refractivity contribution in [1.29, 1.82) is 0 Å². The van der Waals surface area contributed by atoms with Gasteiger partial charge in [0.15, 0.2) is 6.29 Å². The van der Waals surface area contributed by atoms with E-state index in [2.05, 4.69) is 22.7 Å². The molecule has 0 aliphatic carbocycles. The Morgan fingerprint density at radius 2 is 1.81 bits per heavy atom. The third kappa shape index (κ3) is 7.03. The standard InChI is InChI=1S/C26H33N5O5/c1-4-5-6-15-36-22-13-11-21(12-14-22)27-24-28-25(33)31(16-19(3)23(32)29-35)26(34)30(24)17-20-9-7-18(2)8-10-20/h7-14,19,24,27H,4-6,15-17H2,1-3H3,(H,28,33)/t19-,24?/m0/s1. The van der Waals surface area contributed by atoms with Crippen LogP contribution in [0.2, 0.25) is 0 Å². The maximum Gasteiger partial charge on any atom is 0.331 e. The zero-order valence-electron chi connectivity index (χ0n) is 20.9. The maximum absolute atomic E-state index is 13.4. The minimum absolute atomic E-state index is 0.209. The molecule has 0 radical (unpaired) electrons. The van der Waals surface area contributed by atoms with Crippen molar-refractivity contribution in [2.45, 2.75) is 52.9 Å². The van der Waals surface area contributed by atoms with Gasteiger partial charge in [-0.3, -0.25) is 15.0 Å². The van der Waals surface area contributed by atoms with Crippen LogP contribution in [0.1, 0.15) is 44.2 Å². The number of nitrogens with one attached hydrogen (secondary N) is 2. The molecule has 2 atom stereocenters. The maximum atomic E-state index is 13.4. The zero-order valence-corrected chi connectivity index (χ0v) is 20.9. The number of nitrogens with zero attached hydrogens (tertiary/aromatic N) is 3. The molecule has 0 saturated carbocycles. The van der Waals surface area contributed by atoms with Gasteiger partial charge in [0, 0.05) is 17.4 Å². The molecule has 1 unspecified atom stereocenters. The molecule has 2 aromatic rings. The van der Waals surface area contributed by atoms with Crippen LogP contribution in [0.15, 0.2) is 53.7 Å². The van der Waals surface area contributed by atoms with Crippen molar-refractivity contribution in [3.05, 3.63) is 64.6 Å². The number of amides is 5. The van der Waals surface area contributed by atoms with E-state index in [-0.39, 0.29) is 13.1 Å². The summed E-state index contributed by atoms with van der Waals surface area (Å²) in [7, 11) is 0. The van der Waals surface area contributed by atoms with Crippen molar-refractivity contribution in [2.75, 3.05) is 18.5 Å². The van der Waals surface area contributed by atoms with Crippen LogP contribution in [0.3, 0.4) is 0 Å². The first-order valence-corrected chi connectivity index (χ1v) is 12.1. The SMILES string of the molecule is CCCCCOc1ccc(NC2NC(=O)N(C[C@H](C)C(=O)N=O)C(=O)N2Cc2ccc(C)cc2)cc1. The van der Waals surface area contributed by atoms with Crippen molar-refractivity contribution in [1.82, 2.24) is 15.1 Å². The highest BCUT2D eigenvalue weighted by atomic mass is 16.5. The molecule has 3 rings (SSSR count). The second-order valence-electron chi connectivity index (χ2n) is 8.91. The number of carbonyl (C=O) groups is 3. The van der Waals surface area contributed by atoms with Crippen LogP contribution >= 0.6 is 0 Å². The van der Waals surface area contributed by atoms with Crippen LogP contribution in [-0.2, 0) is 11.3 Å². The number of urea groups is 2. The highest BCUT2D eigenvalue weighted by molar-refractivity contribution is 5.97. The van der Waals surface area contributed by atoms with Gasteiger partial charge in [0.1, 0.15) is 5.75 Å². The number of imide groups is 1. The summed E-state index contributed by atoms with van der Waals surface area (Å²) < 4.78 is 5.75. The first-order valence-electron chi connectivity index (χ1n) is 12.1. The number of benzene rings is 2. The molecular formula is C26H33N5O5. The number of hydrogen-bond acceptors (Lipinski definition) is 6. The third-order valence-electron chi connectivity index (χ3n) is 5.91. The van der Waals surface area contributed by atoms with Crippen LogP contribution in [-0.4, -0.2) is 47.2 Å². The quantitative estimate of drug-likeness (QED) is 0.321. The van der Waals surface area contributed by atoms with Gasteiger partial charge in [-0.2, -0.15) is 0 Å². The molecule has 1 saturated heterocycles. The zero-order chi connectivity index (χ0) is 26.1. The molecule has 36 heavy (non-hydrogen) atoms. The van der Waals surface area contributed by atoms with Crippen molar-refractivity contribution in [2.24, 2.45) is 11.1 Å². The molecule has 192 valence electrons. The molecular weight excluding hydrogens is 462 g/mol. The van der Waals surface area contributed by atoms with Crippen molar-refractivity contribution in [3.63, 3.8) is 0 Å². The third-order valence-corrected chi connectivity index (χ3v) is 5.91. The van der Waals surface area contributed by atoms with Gasteiger partial charge >= 0.3 is 12.1 Å². The lowest BCUT2D eigenvalue weighted by Crippen LogP contribution is -2.67. The summed E-state index contributed by atoms with van der Waals surface area (Å²) in [6.07, 6.45) is 2.39. The monoisotopic (exact) mass is 495 g/mol. The van der Waals surface area contributed by atoms with Gasteiger partial charge in [-0.1, -0.05) is 56.5 Å². The normalized spacial score (nSPS) is 16.4. The van der Waals surface area contributed by atoms with E-state index < -0.39 is 30.2 Å². The van der Waals surface area contributed by atoms with Crippen molar-refractivity contribution < 1.29 is 19.1 Å². The highest BCUT2D eigenvalue weighted by Crippen LogP contribution is 2.21. The van der Waals surface area contributed by atoms with E-state index in [4.69, 9.17) is 4.74 Å². The number of nitroso groups, excluding NO2 is 1. The Hall–Kier alpha value is -3.95. The molecule has 10 nitrogen and oxygen atoms in total. The average Bonchev–Trinajstić information content (AvgIpc) is 2.88. The molecule has 1 fully saturated rings.